The van der Waals surface area contributed by atoms with Crippen LogP contribution in [0.2, 0.25) is 0 Å². The van der Waals surface area contributed by atoms with E-state index in [9.17, 15) is 0 Å². The summed E-state index contributed by atoms with van der Waals surface area (Å²) in [6.07, 6.45) is 4.40. The fraction of sp³-hybridized carbons (Fsp3) is 0.231. The van der Waals surface area contributed by atoms with Crippen LogP contribution < -0.4 is 10.6 Å². The number of hydrogen-bond acceptors (Lipinski definition) is 4. The first-order valence-corrected chi connectivity index (χ1v) is 5.71. The van der Waals surface area contributed by atoms with Crippen LogP contribution in [0.3, 0.4) is 0 Å². The summed E-state index contributed by atoms with van der Waals surface area (Å²) in [5, 5.41) is 0. The molecular weight excluding hydrogens is 212 g/mol. The molecule has 0 atom stereocenters. The summed E-state index contributed by atoms with van der Waals surface area (Å²) in [5.74, 6) is 0.980. The zero-order chi connectivity index (χ0) is 11.7. The van der Waals surface area contributed by atoms with Gasteiger partial charge in [0.25, 0.3) is 0 Å². The number of nitrogens with zero attached hydrogens (tertiary/aromatic N) is 3. The Morgan fingerprint density at radius 3 is 2.94 bits per heavy atom. The topological polar surface area (TPSA) is 55.0 Å². The minimum Gasteiger partial charge on any atom is -0.399 e. The van der Waals surface area contributed by atoms with Crippen LogP contribution in [0.5, 0.6) is 0 Å². The molecular formula is C13H14N4. The molecule has 0 unspecified atom stereocenters. The van der Waals surface area contributed by atoms with E-state index in [1.165, 1.54) is 11.1 Å². The van der Waals surface area contributed by atoms with Crippen LogP contribution in [0.25, 0.3) is 0 Å². The molecule has 4 nitrogen and oxygen atoms in total. The monoisotopic (exact) mass is 226 g/mol. The number of rotatable bonds is 1. The maximum absolute atomic E-state index is 5.82. The van der Waals surface area contributed by atoms with Crippen LogP contribution >= 0.6 is 0 Å². The highest BCUT2D eigenvalue weighted by atomic mass is 15.2. The zero-order valence-electron chi connectivity index (χ0n) is 9.50. The molecule has 1 aliphatic heterocycles. The third-order valence-corrected chi connectivity index (χ3v) is 3.13. The van der Waals surface area contributed by atoms with Gasteiger partial charge in [-0.3, -0.25) is 0 Å². The van der Waals surface area contributed by atoms with Crippen LogP contribution in [0.1, 0.15) is 11.1 Å². The minimum absolute atomic E-state index is 0.827. The van der Waals surface area contributed by atoms with Gasteiger partial charge >= 0.3 is 0 Å². The van der Waals surface area contributed by atoms with Gasteiger partial charge in [0, 0.05) is 25.0 Å². The van der Waals surface area contributed by atoms with Crippen LogP contribution in [0.4, 0.5) is 11.5 Å². The standard InChI is InChI=1S/C13H14N4/c14-12-2-1-10-4-6-17(8-11(10)7-12)13-3-5-15-9-16-13/h1-3,5,7,9H,4,6,8,14H2. The number of benzene rings is 1. The number of nitrogen functional groups attached to an aromatic ring is 1. The summed E-state index contributed by atoms with van der Waals surface area (Å²) in [4.78, 5) is 10.5. The summed E-state index contributed by atoms with van der Waals surface area (Å²) in [5.41, 5.74) is 9.34. The van der Waals surface area contributed by atoms with Crippen LogP contribution in [0.15, 0.2) is 36.8 Å². The average Bonchev–Trinajstić information content (AvgIpc) is 2.39. The van der Waals surface area contributed by atoms with Gasteiger partial charge in [-0.2, -0.15) is 0 Å². The summed E-state index contributed by atoms with van der Waals surface area (Å²) >= 11 is 0. The van der Waals surface area contributed by atoms with Crippen molar-refractivity contribution >= 4 is 11.5 Å². The van der Waals surface area contributed by atoms with Crippen molar-refractivity contribution in [2.24, 2.45) is 0 Å². The number of nitrogens with two attached hydrogens (primary N) is 1. The molecule has 2 N–H and O–H groups in total. The Morgan fingerprint density at radius 1 is 1.18 bits per heavy atom. The van der Waals surface area contributed by atoms with Crippen molar-refractivity contribution in [3.05, 3.63) is 47.9 Å². The molecule has 4 heteroatoms. The maximum atomic E-state index is 5.82. The van der Waals surface area contributed by atoms with E-state index < -0.39 is 0 Å². The average molecular weight is 226 g/mol. The molecule has 0 aliphatic carbocycles. The normalized spacial score (nSPS) is 14.5. The predicted molar refractivity (Wildman–Crippen MR) is 67.6 cm³/mol. The van der Waals surface area contributed by atoms with Gasteiger partial charge in [0.15, 0.2) is 0 Å². The highest BCUT2D eigenvalue weighted by Gasteiger charge is 2.17. The second kappa shape index (κ2) is 4.05. The van der Waals surface area contributed by atoms with Gasteiger partial charge in [-0.05, 0) is 35.7 Å². The molecule has 1 aromatic heterocycles. The third kappa shape index (κ3) is 1.93. The van der Waals surface area contributed by atoms with Gasteiger partial charge in [0.2, 0.25) is 0 Å². The van der Waals surface area contributed by atoms with Crippen molar-refractivity contribution in [2.45, 2.75) is 13.0 Å². The molecule has 1 aliphatic rings. The van der Waals surface area contributed by atoms with Crippen molar-refractivity contribution in [3.8, 4) is 0 Å². The van der Waals surface area contributed by atoms with Crippen molar-refractivity contribution in [1.82, 2.24) is 9.97 Å². The molecule has 3 rings (SSSR count). The molecule has 0 bridgehead atoms. The van der Waals surface area contributed by atoms with E-state index in [1.807, 2.05) is 12.1 Å². The van der Waals surface area contributed by atoms with Crippen molar-refractivity contribution < 1.29 is 0 Å². The van der Waals surface area contributed by atoms with E-state index in [2.05, 4.69) is 27.0 Å². The predicted octanol–water partition coefficient (Wildman–Crippen LogP) is 1.62. The maximum Gasteiger partial charge on any atom is 0.132 e. The number of anilines is 2. The second-order valence-corrected chi connectivity index (χ2v) is 4.27. The fourth-order valence-electron chi connectivity index (χ4n) is 2.24. The lowest BCUT2D eigenvalue weighted by molar-refractivity contribution is 0.719. The summed E-state index contributed by atoms with van der Waals surface area (Å²) in [6, 6.07) is 8.10. The summed E-state index contributed by atoms with van der Waals surface area (Å²) in [6.45, 7) is 1.87. The fourth-order valence-corrected chi connectivity index (χ4v) is 2.24. The summed E-state index contributed by atoms with van der Waals surface area (Å²) in [7, 11) is 0. The molecule has 0 saturated carbocycles. The Morgan fingerprint density at radius 2 is 2.12 bits per heavy atom. The van der Waals surface area contributed by atoms with E-state index in [1.54, 1.807) is 12.5 Å². The van der Waals surface area contributed by atoms with Crippen LogP contribution in [-0.2, 0) is 13.0 Å². The Balaban J connectivity index is 1.90. The lowest BCUT2D eigenvalue weighted by atomic mass is 9.99. The first-order chi connectivity index (χ1) is 8.33. The van der Waals surface area contributed by atoms with Crippen LogP contribution in [0, 0.1) is 0 Å². The smallest absolute Gasteiger partial charge is 0.132 e. The van der Waals surface area contributed by atoms with Gasteiger partial charge in [-0.1, -0.05) is 6.07 Å². The Hall–Kier alpha value is -2.10. The van der Waals surface area contributed by atoms with E-state index in [-0.39, 0.29) is 0 Å². The quantitative estimate of drug-likeness (QED) is 0.751. The highest BCUT2D eigenvalue weighted by Crippen LogP contribution is 2.24. The summed E-state index contributed by atoms with van der Waals surface area (Å²) < 4.78 is 0. The van der Waals surface area contributed by atoms with Gasteiger partial charge in [-0.25, -0.2) is 9.97 Å². The molecule has 2 aromatic rings. The SMILES string of the molecule is Nc1ccc2c(c1)CN(c1ccncn1)CC2. The van der Waals surface area contributed by atoms with Crippen molar-refractivity contribution in [1.29, 1.82) is 0 Å². The molecule has 0 spiro atoms. The van der Waals surface area contributed by atoms with E-state index in [0.717, 1.165) is 31.0 Å². The molecule has 0 fully saturated rings. The molecule has 2 heterocycles. The Bertz CT molecular complexity index is 524. The minimum atomic E-state index is 0.827. The number of hydrogen-bond donors (Lipinski definition) is 1. The van der Waals surface area contributed by atoms with E-state index in [0.29, 0.717) is 0 Å². The van der Waals surface area contributed by atoms with Gasteiger partial charge in [-0.15, -0.1) is 0 Å². The Labute approximate surface area is 100 Å². The lowest BCUT2D eigenvalue weighted by Gasteiger charge is -2.29. The first kappa shape index (κ1) is 10.1. The van der Waals surface area contributed by atoms with Gasteiger partial charge in [0.05, 0.1) is 0 Å². The lowest BCUT2D eigenvalue weighted by Crippen LogP contribution is -2.31. The molecule has 0 saturated heterocycles. The van der Waals surface area contributed by atoms with Crippen molar-refractivity contribution in [2.75, 3.05) is 17.2 Å². The third-order valence-electron chi connectivity index (χ3n) is 3.13. The molecule has 0 amide bonds. The number of aromatic nitrogens is 2. The van der Waals surface area contributed by atoms with E-state index >= 15 is 0 Å². The van der Waals surface area contributed by atoms with E-state index in [4.69, 9.17) is 5.73 Å². The molecule has 17 heavy (non-hydrogen) atoms. The molecule has 1 aromatic carbocycles. The number of fused-ring (bicyclic) bond motifs is 1. The Kier molecular flexibility index (Phi) is 2.40. The van der Waals surface area contributed by atoms with Crippen molar-refractivity contribution in [3.63, 3.8) is 0 Å². The van der Waals surface area contributed by atoms with Gasteiger partial charge in [0.1, 0.15) is 12.1 Å². The largest absolute Gasteiger partial charge is 0.399 e. The van der Waals surface area contributed by atoms with Gasteiger partial charge < -0.3 is 10.6 Å². The molecule has 0 radical (unpaired) electrons. The molecule has 86 valence electrons. The van der Waals surface area contributed by atoms with Crippen LogP contribution in [-0.4, -0.2) is 16.5 Å². The first-order valence-electron chi connectivity index (χ1n) is 5.71. The highest BCUT2D eigenvalue weighted by molar-refractivity contribution is 5.49. The zero-order valence-corrected chi connectivity index (χ0v) is 9.50. The second-order valence-electron chi connectivity index (χ2n) is 4.27.